The summed E-state index contributed by atoms with van der Waals surface area (Å²) in [5, 5.41) is 13.7. The van der Waals surface area contributed by atoms with Crippen molar-refractivity contribution < 1.29 is 5.11 Å². The van der Waals surface area contributed by atoms with Gasteiger partial charge in [0.25, 0.3) is 0 Å². The first-order chi connectivity index (χ1) is 12.3. The molecule has 1 aliphatic rings. The predicted octanol–water partition coefficient (Wildman–Crippen LogP) is 4.08. The molecule has 1 fully saturated rings. The summed E-state index contributed by atoms with van der Waals surface area (Å²) < 4.78 is 0. The van der Waals surface area contributed by atoms with Crippen LogP contribution in [0.5, 0.6) is 5.75 Å². The highest BCUT2D eigenvalue weighted by Gasteiger charge is 2.13. The van der Waals surface area contributed by atoms with Gasteiger partial charge in [0.05, 0.1) is 22.9 Å². The number of phenolic OH excluding ortho intramolecular Hbond substituents is 1. The van der Waals surface area contributed by atoms with Crippen LogP contribution in [-0.2, 0) is 6.42 Å². The first-order valence-corrected chi connectivity index (χ1v) is 9.06. The third kappa shape index (κ3) is 3.80. The van der Waals surface area contributed by atoms with E-state index in [1.165, 1.54) is 19.3 Å². The van der Waals surface area contributed by atoms with Crippen molar-refractivity contribution in [2.45, 2.75) is 38.1 Å². The van der Waals surface area contributed by atoms with Crippen molar-refractivity contribution in [2.75, 3.05) is 6.54 Å². The molecule has 2 aromatic carbocycles. The molecule has 1 aliphatic heterocycles. The highest BCUT2D eigenvalue weighted by molar-refractivity contribution is 5.77. The number of phenols is 1. The number of para-hydroxylation sites is 2. The van der Waals surface area contributed by atoms with E-state index in [2.05, 4.69) is 16.4 Å². The molecular weight excluding hydrogens is 310 g/mol. The molecule has 4 nitrogen and oxygen atoms in total. The molecule has 2 heterocycles. The van der Waals surface area contributed by atoms with Crippen LogP contribution in [0.25, 0.3) is 22.3 Å². The number of hydrogen-bond acceptors (Lipinski definition) is 4. The maximum atomic E-state index is 10.1. The molecule has 0 aliphatic carbocycles. The van der Waals surface area contributed by atoms with E-state index >= 15 is 0 Å². The van der Waals surface area contributed by atoms with Crippen molar-refractivity contribution in [1.82, 2.24) is 15.3 Å². The fourth-order valence-electron chi connectivity index (χ4n) is 3.57. The smallest absolute Gasteiger partial charge is 0.116 e. The van der Waals surface area contributed by atoms with Crippen LogP contribution in [-0.4, -0.2) is 27.7 Å². The zero-order chi connectivity index (χ0) is 17.1. The van der Waals surface area contributed by atoms with E-state index in [1.54, 1.807) is 12.3 Å². The Labute approximate surface area is 148 Å². The number of fused-ring (bicyclic) bond motifs is 1. The largest absolute Gasteiger partial charge is 0.508 e. The number of nitrogens with zero attached hydrogens (tertiary/aromatic N) is 2. The quantitative estimate of drug-likeness (QED) is 0.755. The number of nitrogens with one attached hydrogen (secondary N) is 1. The van der Waals surface area contributed by atoms with Crippen molar-refractivity contribution in [3.63, 3.8) is 0 Å². The van der Waals surface area contributed by atoms with Crippen LogP contribution in [0.1, 0.15) is 31.2 Å². The molecule has 3 aromatic rings. The second-order valence-corrected chi connectivity index (χ2v) is 6.82. The average Bonchev–Trinajstić information content (AvgIpc) is 2.66. The molecule has 0 spiro atoms. The summed E-state index contributed by atoms with van der Waals surface area (Å²) in [7, 11) is 0. The van der Waals surface area contributed by atoms with Gasteiger partial charge in [-0.25, -0.2) is 4.98 Å². The Kier molecular flexibility index (Phi) is 4.61. The van der Waals surface area contributed by atoms with Crippen LogP contribution in [0.4, 0.5) is 0 Å². The van der Waals surface area contributed by atoms with E-state index in [4.69, 9.17) is 4.98 Å². The standard InChI is InChI=1S/C21H23N3O/c25-18-12-15(8-9-17-5-3-4-10-22-17)11-16(13-18)21-14-23-19-6-1-2-7-20(19)24-21/h1-2,6-7,11-14,17,22,25H,3-5,8-10H2. The summed E-state index contributed by atoms with van der Waals surface area (Å²) in [5.41, 5.74) is 4.63. The van der Waals surface area contributed by atoms with Gasteiger partial charge in [0.15, 0.2) is 0 Å². The molecule has 1 unspecified atom stereocenters. The van der Waals surface area contributed by atoms with E-state index in [1.807, 2.05) is 30.3 Å². The minimum atomic E-state index is 0.291. The third-order valence-corrected chi connectivity index (χ3v) is 4.92. The van der Waals surface area contributed by atoms with Crippen molar-refractivity contribution in [1.29, 1.82) is 0 Å². The molecule has 0 radical (unpaired) electrons. The van der Waals surface area contributed by atoms with Gasteiger partial charge in [-0.2, -0.15) is 0 Å². The van der Waals surface area contributed by atoms with Crippen LogP contribution < -0.4 is 5.32 Å². The Balaban J connectivity index is 1.57. The molecule has 4 heteroatoms. The average molecular weight is 333 g/mol. The van der Waals surface area contributed by atoms with E-state index in [0.717, 1.165) is 47.2 Å². The number of hydrogen-bond donors (Lipinski definition) is 2. The lowest BCUT2D eigenvalue weighted by Gasteiger charge is -2.23. The van der Waals surface area contributed by atoms with E-state index < -0.39 is 0 Å². The topological polar surface area (TPSA) is 58.0 Å². The normalized spacial score (nSPS) is 17.7. The minimum absolute atomic E-state index is 0.291. The lowest BCUT2D eigenvalue weighted by molar-refractivity contribution is 0.382. The van der Waals surface area contributed by atoms with Crippen LogP contribution >= 0.6 is 0 Å². The molecule has 0 saturated carbocycles. The second kappa shape index (κ2) is 7.19. The van der Waals surface area contributed by atoms with Crippen molar-refractivity contribution in [3.05, 3.63) is 54.2 Å². The van der Waals surface area contributed by atoms with Crippen LogP contribution in [0.15, 0.2) is 48.7 Å². The van der Waals surface area contributed by atoms with Crippen LogP contribution in [0.3, 0.4) is 0 Å². The molecule has 0 amide bonds. The minimum Gasteiger partial charge on any atom is -0.508 e. The molecule has 1 saturated heterocycles. The summed E-state index contributed by atoms with van der Waals surface area (Å²) in [6.07, 6.45) is 7.70. The van der Waals surface area contributed by atoms with Gasteiger partial charge in [0.1, 0.15) is 5.75 Å². The molecule has 25 heavy (non-hydrogen) atoms. The Morgan fingerprint density at radius 1 is 1.08 bits per heavy atom. The Morgan fingerprint density at radius 2 is 1.96 bits per heavy atom. The highest BCUT2D eigenvalue weighted by atomic mass is 16.3. The lowest BCUT2D eigenvalue weighted by Crippen LogP contribution is -2.34. The lowest BCUT2D eigenvalue weighted by atomic mass is 9.96. The van der Waals surface area contributed by atoms with Gasteiger partial charge in [-0.3, -0.25) is 4.98 Å². The zero-order valence-electron chi connectivity index (χ0n) is 14.3. The number of aromatic nitrogens is 2. The highest BCUT2D eigenvalue weighted by Crippen LogP contribution is 2.26. The number of aromatic hydroxyl groups is 1. The van der Waals surface area contributed by atoms with Gasteiger partial charge < -0.3 is 10.4 Å². The number of aryl methyl sites for hydroxylation is 1. The number of piperidine rings is 1. The maximum Gasteiger partial charge on any atom is 0.116 e. The van der Waals surface area contributed by atoms with Gasteiger partial charge in [-0.05, 0) is 68.1 Å². The van der Waals surface area contributed by atoms with E-state index in [0.29, 0.717) is 11.8 Å². The summed E-state index contributed by atoms with van der Waals surface area (Å²) in [6.45, 7) is 1.13. The molecule has 1 atom stereocenters. The van der Waals surface area contributed by atoms with Crippen molar-refractivity contribution in [3.8, 4) is 17.0 Å². The monoisotopic (exact) mass is 333 g/mol. The van der Waals surface area contributed by atoms with Gasteiger partial charge in [-0.1, -0.05) is 18.6 Å². The van der Waals surface area contributed by atoms with E-state index in [9.17, 15) is 5.11 Å². The SMILES string of the molecule is Oc1cc(CCC2CCCCN2)cc(-c2cnc3ccccc3n2)c1. The molecule has 0 bridgehead atoms. The zero-order valence-corrected chi connectivity index (χ0v) is 14.3. The molecule has 2 N–H and O–H groups in total. The Hall–Kier alpha value is -2.46. The Morgan fingerprint density at radius 3 is 2.80 bits per heavy atom. The van der Waals surface area contributed by atoms with Gasteiger partial charge >= 0.3 is 0 Å². The molecule has 1 aromatic heterocycles. The number of benzene rings is 2. The van der Waals surface area contributed by atoms with Gasteiger partial charge in [0, 0.05) is 11.6 Å². The second-order valence-electron chi connectivity index (χ2n) is 6.82. The number of rotatable bonds is 4. The predicted molar refractivity (Wildman–Crippen MR) is 101 cm³/mol. The van der Waals surface area contributed by atoms with Crippen molar-refractivity contribution in [2.24, 2.45) is 0 Å². The first-order valence-electron chi connectivity index (χ1n) is 9.06. The fourth-order valence-corrected chi connectivity index (χ4v) is 3.57. The van der Waals surface area contributed by atoms with Crippen LogP contribution in [0, 0.1) is 0 Å². The summed E-state index contributed by atoms with van der Waals surface area (Å²) >= 11 is 0. The Bertz CT molecular complexity index is 872. The van der Waals surface area contributed by atoms with E-state index in [-0.39, 0.29) is 0 Å². The fraction of sp³-hybridized carbons (Fsp3) is 0.333. The van der Waals surface area contributed by atoms with Crippen LogP contribution in [0.2, 0.25) is 0 Å². The molecule has 4 rings (SSSR count). The summed E-state index contributed by atoms with van der Waals surface area (Å²) in [4.78, 5) is 9.17. The third-order valence-electron chi connectivity index (χ3n) is 4.92. The van der Waals surface area contributed by atoms with Crippen molar-refractivity contribution >= 4 is 11.0 Å². The molecule has 128 valence electrons. The van der Waals surface area contributed by atoms with Gasteiger partial charge in [-0.15, -0.1) is 0 Å². The maximum absolute atomic E-state index is 10.1. The molecular formula is C21H23N3O. The summed E-state index contributed by atoms with van der Waals surface area (Å²) in [5.74, 6) is 0.291. The first kappa shape index (κ1) is 16.0. The summed E-state index contributed by atoms with van der Waals surface area (Å²) in [6, 6.07) is 14.2. The van der Waals surface area contributed by atoms with Gasteiger partial charge in [0.2, 0.25) is 0 Å².